The van der Waals surface area contributed by atoms with Crippen molar-refractivity contribution in [2.75, 3.05) is 6.54 Å². The van der Waals surface area contributed by atoms with E-state index in [0.29, 0.717) is 28.8 Å². The molecule has 0 atom stereocenters. The van der Waals surface area contributed by atoms with Crippen LogP contribution >= 0.6 is 0 Å². The van der Waals surface area contributed by atoms with Crippen LogP contribution in [-0.4, -0.2) is 36.9 Å². The molecule has 2 heterocycles. The van der Waals surface area contributed by atoms with Gasteiger partial charge in [-0.25, -0.2) is 9.97 Å². The van der Waals surface area contributed by atoms with Crippen molar-refractivity contribution in [1.29, 1.82) is 0 Å². The van der Waals surface area contributed by atoms with E-state index in [-0.39, 0.29) is 18.0 Å². The first-order chi connectivity index (χ1) is 16.0. The molecule has 5 aromatic rings. The lowest BCUT2D eigenvalue weighted by Crippen LogP contribution is -2.32. The fourth-order valence-electron chi connectivity index (χ4n) is 4.14. The van der Waals surface area contributed by atoms with Crippen molar-refractivity contribution in [2.45, 2.75) is 20.4 Å². The first-order valence-electron chi connectivity index (χ1n) is 10.9. The van der Waals surface area contributed by atoms with Crippen molar-refractivity contribution < 1.29 is 4.79 Å². The highest BCUT2D eigenvalue weighted by atomic mass is 16.2. The lowest BCUT2D eigenvalue weighted by Gasteiger charge is -2.20. The molecule has 0 saturated heterocycles. The van der Waals surface area contributed by atoms with Crippen LogP contribution in [0.25, 0.3) is 27.6 Å². The van der Waals surface area contributed by atoms with E-state index in [1.54, 1.807) is 23.1 Å². The Morgan fingerprint density at radius 1 is 0.970 bits per heavy atom. The number of hydrogen-bond donors (Lipinski definition) is 1. The molecule has 0 aliphatic carbocycles. The third kappa shape index (κ3) is 3.78. The second-order valence-electron chi connectivity index (χ2n) is 7.88. The summed E-state index contributed by atoms with van der Waals surface area (Å²) in [5.41, 5.74) is 3.68. The molecular formula is C26H23N5O2. The number of nitrogens with zero attached hydrogens (tertiary/aromatic N) is 4. The van der Waals surface area contributed by atoms with Crippen LogP contribution in [0.5, 0.6) is 0 Å². The van der Waals surface area contributed by atoms with E-state index in [4.69, 9.17) is 0 Å². The van der Waals surface area contributed by atoms with Crippen molar-refractivity contribution in [1.82, 2.24) is 24.4 Å². The molecule has 7 nitrogen and oxygen atoms in total. The number of para-hydroxylation sites is 2. The Hall–Kier alpha value is -4.26. The molecule has 0 bridgehead atoms. The highest BCUT2D eigenvalue weighted by Crippen LogP contribution is 2.23. The van der Waals surface area contributed by atoms with Gasteiger partial charge in [-0.15, -0.1) is 0 Å². The smallest absolute Gasteiger partial charge is 0.258 e. The number of imidazole rings is 1. The average Bonchev–Trinajstić information content (AvgIpc) is 3.17. The van der Waals surface area contributed by atoms with Gasteiger partial charge in [0.05, 0.1) is 28.5 Å². The third-order valence-electron chi connectivity index (χ3n) is 5.75. The highest BCUT2D eigenvalue weighted by molar-refractivity contribution is 5.97. The number of benzene rings is 3. The number of hydrogen-bond acceptors (Lipinski definition) is 4. The number of aromatic nitrogens is 4. The summed E-state index contributed by atoms with van der Waals surface area (Å²) in [5, 5.41) is 0.533. The number of nitrogens with one attached hydrogen (secondary N) is 1. The molecule has 0 saturated carbocycles. The van der Waals surface area contributed by atoms with Crippen LogP contribution in [0.3, 0.4) is 0 Å². The maximum Gasteiger partial charge on any atom is 0.258 e. The number of carbonyl (C=O) groups is 1. The number of amides is 1. The highest BCUT2D eigenvalue weighted by Gasteiger charge is 2.18. The van der Waals surface area contributed by atoms with Gasteiger partial charge in [-0.1, -0.05) is 30.3 Å². The summed E-state index contributed by atoms with van der Waals surface area (Å²) in [6.07, 6.45) is 0. The van der Waals surface area contributed by atoms with Gasteiger partial charge in [0.1, 0.15) is 11.6 Å². The van der Waals surface area contributed by atoms with E-state index in [1.165, 1.54) is 0 Å². The fourth-order valence-corrected chi connectivity index (χ4v) is 4.14. The molecule has 0 unspecified atom stereocenters. The normalized spacial score (nSPS) is 11.2. The SMILES string of the molecule is CCN(Cc1nc2ccccc2c(=O)[nH]1)C(=O)c1ccc2c(c1)nc(C)n2-c1ccccc1. The van der Waals surface area contributed by atoms with Crippen molar-refractivity contribution in [2.24, 2.45) is 0 Å². The second kappa shape index (κ2) is 8.35. The van der Waals surface area contributed by atoms with Gasteiger partial charge in [0.2, 0.25) is 0 Å². The van der Waals surface area contributed by atoms with Crippen LogP contribution in [0.2, 0.25) is 0 Å². The van der Waals surface area contributed by atoms with E-state index >= 15 is 0 Å². The number of H-pyrrole nitrogens is 1. The molecule has 0 aliphatic heterocycles. The van der Waals surface area contributed by atoms with Gasteiger partial charge in [-0.3, -0.25) is 14.2 Å². The summed E-state index contributed by atoms with van der Waals surface area (Å²) in [6, 6.07) is 22.8. The Morgan fingerprint density at radius 2 is 1.73 bits per heavy atom. The van der Waals surface area contributed by atoms with E-state index in [1.807, 2.05) is 68.4 Å². The van der Waals surface area contributed by atoms with Gasteiger partial charge in [0.15, 0.2) is 0 Å². The molecule has 7 heteroatoms. The first-order valence-corrected chi connectivity index (χ1v) is 10.9. The monoisotopic (exact) mass is 437 g/mol. The van der Waals surface area contributed by atoms with Gasteiger partial charge in [-0.2, -0.15) is 0 Å². The van der Waals surface area contributed by atoms with Gasteiger partial charge >= 0.3 is 0 Å². The number of carbonyl (C=O) groups excluding carboxylic acids is 1. The molecule has 0 radical (unpaired) electrons. The Balaban J connectivity index is 1.46. The van der Waals surface area contributed by atoms with Gasteiger partial charge in [0.25, 0.3) is 11.5 Å². The first kappa shape index (κ1) is 20.6. The van der Waals surface area contributed by atoms with E-state index in [9.17, 15) is 9.59 Å². The molecule has 1 amide bonds. The van der Waals surface area contributed by atoms with Gasteiger partial charge < -0.3 is 9.88 Å². The molecule has 0 fully saturated rings. The third-order valence-corrected chi connectivity index (χ3v) is 5.75. The van der Waals surface area contributed by atoms with Crippen molar-refractivity contribution in [3.63, 3.8) is 0 Å². The van der Waals surface area contributed by atoms with Crippen LogP contribution in [0.4, 0.5) is 0 Å². The summed E-state index contributed by atoms with van der Waals surface area (Å²) in [4.78, 5) is 39.4. The minimum atomic E-state index is -0.206. The lowest BCUT2D eigenvalue weighted by molar-refractivity contribution is 0.0748. The van der Waals surface area contributed by atoms with Crippen LogP contribution in [0.1, 0.15) is 28.9 Å². The molecule has 164 valence electrons. The predicted octanol–water partition coefficient (Wildman–Crippen LogP) is 4.23. The Bertz CT molecular complexity index is 1540. The lowest BCUT2D eigenvalue weighted by atomic mass is 10.1. The molecule has 5 rings (SSSR count). The summed E-state index contributed by atoms with van der Waals surface area (Å²) < 4.78 is 2.07. The van der Waals surface area contributed by atoms with E-state index in [2.05, 4.69) is 19.5 Å². The molecule has 0 spiro atoms. The summed E-state index contributed by atoms with van der Waals surface area (Å²) >= 11 is 0. The van der Waals surface area contributed by atoms with E-state index < -0.39 is 0 Å². The van der Waals surface area contributed by atoms with Crippen molar-refractivity contribution >= 4 is 27.8 Å². The quantitative estimate of drug-likeness (QED) is 0.446. The molecule has 2 aromatic heterocycles. The molecule has 1 N–H and O–H groups in total. The molecule has 33 heavy (non-hydrogen) atoms. The fraction of sp³-hybridized carbons (Fsp3) is 0.154. The van der Waals surface area contributed by atoms with Crippen LogP contribution in [0.15, 0.2) is 77.6 Å². The minimum Gasteiger partial charge on any atom is -0.331 e. The minimum absolute atomic E-state index is 0.137. The second-order valence-corrected chi connectivity index (χ2v) is 7.88. The zero-order valence-corrected chi connectivity index (χ0v) is 18.4. The largest absolute Gasteiger partial charge is 0.331 e. The Labute approximate surface area is 190 Å². The van der Waals surface area contributed by atoms with Crippen LogP contribution in [0, 0.1) is 6.92 Å². The summed E-state index contributed by atoms with van der Waals surface area (Å²) in [6.45, 7) is 4.55. The predicted molar refractivity (Wildman–Crippen MR) is 129 cm³/mol. The summed E-state index contributed by atoms with van der Waals surface area (Å²) in [7, 11) is 0. The number of fused-ring (bicyclic) bond motifs is 2. The van der Waals surface area contributed by atoms with Crippen LogP contribution < -0.4 is 5.56 Å². The van der Waals surface area contributed by atoms with Crippen molar-refractivity contribution in [3.05, 3.63) is 100 Å². The Morgan fingerprint density at radius 3 is 2.52 bits per heavy atom. The molecular weight excluding hydrogens is 414 g/mol. The molecule has 3 aromatic carbocycles. The Kier molecular flexibility index (Phi) is 5.22. The number of rotatable bonds is 5. The average molecular weight is 438 g/mol. The zero-order chi connectivity index (χ0) is 22.9. The van der Waals surface area contributed by atoms with Gasteiger partial charge in [0, 0.05) is 17.8 Å². The standard InChI is InChI=1S/C26H23N5O2/c1-3-30(16-24-28-21-12-8-7-11-20(21)25(32)29-24)26(33)18-13-14-23-22(15-18)27-17(2)31(23)19-9-5-4-6-10-19/h4-15H,3,16H2,1-2H3,(H,28,29,32). The number of aromatic amines is 1. The number of aryl methyl sites for hydroxylation is 1. The summed E-state index contributed by atoms with van der Waals surface area (Å²) in [5.74, 6) is 1.17. The zero-order valence-electron chi connectivity index (χ0n) is 18.4. The van der Waals surface area contributed by atoms with Gasteiger partial charge in [-0.05, 0) is 56.3 Å². The van der Waals surface area contributed by atoms with Crippen molar-refractivity contribution in [3.8, 4) is 5.69 Å². The maximum absolute atomic E-state index is 13.3. The topological polar surface area (TPSA) is 83.9 Å². The maximum atomic E-state index is 13.3. The molecule has 0 aliphatic rings. The van der Waals surface area contributed by atoms with Crippen LogP contribution in [-0.2, 0) is 6.54 Å². The van der Waals surface area contributed by atoms with E-state index in [0.717, 1.165) is 22.5 Å².